The van der Waals surface area contributed by atoms with Crippen LogP contribution in [0.25, 0.3) is 0 Å². The molecule has 0 aliphatic carbocycles. The van der Waals surface area contributed by atoms with Crippen LogP contribution in [0, 0.1) is 10.1 Å². The van der Waals surface area contributed by atoms with Gasteiger partial charge in [0.05, 0.1) is 15.5 Å². The van der Waals surface area contributed by atoms with E-state index in [-0.39, 0.29) is 11.1 Å². The van der Waals surface area contributed by atoms with E-state index in [0.29, 0.717) is 5.02 Å². The van der Waals surface area contributed by atoms with Crippen molar-refractivity contribution in [2.45, 2.75) is 0 Å². The van der Waals surface area contributed by atoms with Crippen molar-refractivity contribution >= 4 is 34.7 Å². The lowest BCUT2D eigenvalue weighted by Crippen LogP contribution is -2.03. The average Bonchev–Trinajstić information content (AvgIpc) is 2.43. The number of rotatable bonds is 3. The Bertz CT molecular complexity index is 743. The van der Waals surface area contributed by atoms with Gasteiger partial charge in [-0.15, -0.1) is 0 Å². The monoisotopic (exact) mass is 327 g/mol. The van der Waals surface area contributed by atoms with Crippen molar-refractivity contribution < 1.29 is 19.9 Å². The van der Waals surface area contributed by atoms with E-state index >= 15 is 0 Å². The van der Waals surface area contributed by atoms with Crippen molar-refractivity contribution in [2.24, 2.45) is 0 Å². The molecule has 0 fully saturated rings. The number of phenolic OH excluding ortho intramolecular Hbond substituents is 2. The van der Waals surface area contributed by atoms with E-state index in [1.165, 1.54) is 24.3 Å². The van der Waals surface area contributed by atoms with Gasteiger partial charge < -0.3 is 10.2 Å². The molecule has 21 heavy (non-hydrogen) atoms. The first-order valence-corrected chi connectivity index (χ1v) is 6.27. The molecule has 0 saturated heterocycles. The predicted octanol–water partition coefficient (Wildman–Crippen LogP) is 3.54. The smallest absolute Gasteiger partial charge is 0.354 e. The SMILES string of the molecule is O=C(c1ccc(Cl)cc1)c1cc(Cl)c(O)c([N+](=O)[O-])c1O. The summed E-state index contributed by atoms with van der Waals surface area (Å²) in [5.74, 6) is -2.53. The Morgan fingerprint density at radius 1 is 1.10 bits per heavy atom. The van der Waals surface area contributed by atoms with E-state index in [2.05, 4.69) is 0 Å². The molecule has 0 radical (unpaired) electrons. The minimum atomic E-state index is -1.02. The molecule has 2 rings (SSSR count). The number of hydrogen-bond donors (Lipinski definition) is 2. The first-order chi connectivity index (χ1) is 9.82. The molecule has 0 aliphatic rings. The zero-order valence-electron chi connectivity index (χ0n) is 10.2. The Labute approximate surface area is 128 Å². The van der Waals surface area contributed by atoms with Crippen molar-refractivity contribution in [1.29, 1.82) is 0 Å². The van der Waals surface area contributed by atoms with Crippen molar-refractivity contribution in [1.82, 2.24) is 0 Å². The molecule has 2 N–H and O–H groups in total. The number of ketones is 1. The highest BCUT2D eigenvalue weighted by Crippen LogP contribution is 2.43. The van der Waals surface area contributed by atoms with Gasteiger partial charge in [0.2, 0.25) is 11.5 Å². The van der Waals surface area contributed by atoms with Crippen LogP contribution in [0.1, 0.15) is 15.9 Å². The Kier molecular flexibility index (Phi) is 4.02. The fourth-order valence-electron chi connectivity index (χ4n) is 1.72. The molecule has 0 saturated carbocycles. The van der Waals surface area contributed by atoms with E-state index in [4.69, 9.17) is 23.2 Å². The maximum Gasteiger partial charge on any atom is 0.354 e. The van der Waals surface area contributed by atoms with Crippen molar-refractivity contribution in [3.63, 3.8) is 0 Å². The minimum Gasteiger partial charge on any atom is -0.501 e. The summed E-state index contributed by atoms with van der Waals surface area (Å²) >= 11 is 11.4. The van der Waals surface area contributed by atoms with Gasteiger partial charge in [0, 0.05) is 10.6 Å². The summed E-state index contributed by atoms with van der Waals surface area (Å²) in [5.41, 5.74) is -1.24. The molecular weight excluding hydrogens is 321 g/mol. The van der Waals surface area contributed by atoms with Crippen molar-refractivity contribution in [3.8, 4) is 11.5 Å². The molecule has 108 valence electrons. The number of hydrogen-bond acceptors (Lipinski definition) is 5. The predicted molar refractivity (Wildman–Crippen MR) is 76.3 cm³/mol. The molecule has 0 bridgehead atoms. The number of halogens is 2. The Balaban J connectivity index is 2.61. The van der Waals surface area contributed by atoms with Gasteiger partial charge >= 0.3 is 5.69 Å². The van der Waals surface area contributed by atoms with Crippen LogP contribution in [-0.2, 0) is 0 Å². The van der Waals surface area contributed by atoms with Gasteiger partial charge in [0.15, 0.2) is 5.78 Å². The number of nitro groups is 1. The topological polar surface area (TPSA) is 101 Å². The standard InChI is InChI=1S/C13H7Cl2NO5/c14-7-3-1-6(2-4-7)11(17)8-5-9(15)13(19)10(12(8)18)16(20)21/h1-5,18-19H. The molecule has 2 aromatic rings. The summed E-state index contributed by atoms with van der Waals surface area (Å²) in [7, 11) is 0. The molecule has 8 heteroatoms. The zero-order chi connectivity index (χ0) is 15.7. The molecule has 0 aromatic heterocycles. The molecule has 2 aromatic carbocycles. The first-order valence-electron chi connectivity index (χ1n) is 5.52. The number of aromatic hydroxyl groups is 2. The second-order valence-electron chi connectivity index (χ2n) is 4.04. The summed E-state index contributed by atoms with van der Waals surface area (Å²) in [5, 5.41) is 30.2. The molecule has 0 aliphatic heterocycles. The van der Waals surface area contributed by atoms with Crippen LogP contribution in [0.15, 0.2) is 30.3 Å². The summed E-state index contributed by atoms with van der Waals surface area (Å²) in [6.07, 6.45) is 0. The normalized spacial score (nSPS) is 10.4. The summed E-state index contributed by atoms with van der Waals surface area (Å²) < 4.78 is 0. The van der Waals surface area contributed by atoms with Gasteiger partial charge in [-0.05, 0) is 30.3 Å². The lowest BCUT2D eigenvalue weighted by molar-refractivity contribution is -0.386. The van der Waals surface area contributed by atoms with Crippen LogP contribution in [0.5, 0.6) is 11.5 Å². The van der Waals surface area contributed by atoms with Crippen LogP contribution in [-0.4, -0.2) is 20.9 Å². The van der Waals surface area contributed by atoms with E-state index in [0.717, 1.165) is 6.07 Å². The zero-order valence-corrected chi connectivity index (χ0v) is 11.7. The Morgan fingerprint density at radius 2 is 1.67 bits per heavy atom. The highest BCUT2D eigenvalue weighted by Gasteiger charge is 2.29. The highest BCUT2D eigenvalue weighted by molar-refractivity contribution is 6.33. The highest BCUT2D eigenvalue weighted by atomic mass is 35.5. The van der Waals surface area contributed by atoms with E-state index < -0.39 is 32.9 Å². The van der Waals surface area contributed by atoms with Crippen LogP contribution < -0.4 is 0 Å². The molecule has 0 unspecified atom stereocenters. The maximum absolute atomic E-state index is 12.3. The van der Waals surface area contributed by atoms with Gasteiger partial charge in [-0.25, -0.2) is 0 Å². The Morgan fingerprint density at radius 3 is 2.19 bits per heavy atom. The van der Waals surface area contributed by atoms with E-state index in [9.17, 15) is 25.1 Å². The largest absolute Gasteiger partial charge is 0.501 e. The van der Waals surface area contributed by atoms with E-state index in [1.807, 2.05) is 0 Å². The van der Waals surface area contributed by atoms with Crippen LogP contribution in [0.4, 0.5) is 5.69 Å². The summed E-state index contributed by atoms with van der Waals surface area (Å²) in [4.78, 5) is 22.1. The lowest BCUT2D eigenvalue weighted by atomic mass is 10.0. The minimum absolute atomic E-state index is 0.158. The van der Waals surface area contributed by atoms with Gasteiger partial charge in [0.25, 0.3) is 0 Å². The van der Waals surface area contributed by atoms with Crippen LogP contribution in [0.2, 0.25) is 10.0 Å². The average molecular weight is 328 g/mol. The fraction of sp³-hybridized carbons (Fsp3) is 0. The number of benzene rings is 2. The second kappa shape index (κ2) is 5.59. The van der Waals surface area contributed by atoms with Gasteiger partial charge in [-0.2, -0.15) is 0 Å². The molecule has 0 spiro atoms. The quantitative estimate of drug-likeness (QED) is 0.510. The first kappa shape index (κ1) is 15.1. The number of carbonyl (C=O) groups excluding carboxylic acids is 1. The lowest BCUT2D eigenvalue weighted by Gasteiger charge is -2.07. The van der Waals surface area contributed by atoms with Gasteiger partial charge in [-0.1, -0.05) is 23.2 Å². The maximum atomic E-state index is 12.3. The van der Waals surface area contributed by atoms with Gasteiger partial charge in [-0.3, -0.25) is 14.9 Å². The fourth-order valence-corrected chi connectivity index (χ4v) is 2.04. The Hall–Kier alpha value is -2.31. The summed E-state index contributed by atoms with van der Waals surface area (Å²) in [6, 6.07) is 6.69. The second-order valence-corrected chi connectivity index (χ2v) is 4.89. The van der Waals surface area contributed by atoms with Crippen LogP contribution >= 0.6 is 23.2 Å². The molecule has 0 amide bonds. The number of carbonyl (C=O) groups is 1. The number of nitro benzene ring substituents is 1. The number of phenols is 2. The van der Waals surface area contributed by atoms with E-state index in [1.54, 1.807) is 0 Å². The third kappa shape index (κ3) is 2.76. The number of nitrogens with zero attached hydrogens (tertiary/aromatic N) is 1. The van der Waals surface area contributed by atoms with Crippen molar-refractivity contribution in [3.05, 3.63) is 61.6 Å². The van der Waals surface area contributed by atoms with Crippen molar-refractivity contribution in [2.75, 3.05) is 0 Å². The molecule has 6 nitrogen and oxygen atoms in total. The summed E-state index contributed by atoms with van der Waals surface area (Å²) in [6.45, 7) is 0. The molecule has 0 atom stereocenters. The molecular formula is C13H7Cl2NO5. The molecule has 0 heterocycles. The third-order valence-corrected chi connectivity index (χ3v) is 3.27. The third-order valence-electron chi connectivity index (χ3n) is 2.73. The van der Waals surface area contributed by atoms with Gasteiger partial charge in [0.1, 0.15) is 0 Å². The van der Waals surface area contributed by atoms with Crippen LogP contribution in [0.3, 0.4) is 0 Å².